The molecule has 1 rings (SSSR count). The standard InChI is InChI=1S/C6H11NO5S/c8-5-7-3-1-6(2-4-7)12-13(9,10)11/h5-6H,1-4H2,(H,9,10,11). The fourth-order valence-corrected chi connectivity index (χ4v) is 1.79. The Morgan fingerprint density at radius 2 is 1.92 bits per heavy atom. The van der Waals surface area contributed by atoms with Crippen LogP contribution in [-0.2, 0) is 19.4 Å². The number of likely N-dealkylation sites (tertiary alicyclic amines) is 1. The van der Waals surface area contributed by atoms with Crippen molar-refractivity contribution < 1.29 is 21.9 Å². The van der Waals surface area contributed by atoms with Crippen molar-refractivity contribution in [3.05, 3.63) is 0 Å². The smallest absolute Gasteiger partial charge is 0.345 e. The highest BCUT2D eigenvalue weighted by Crippen LogP contribution is 2.13. The predicted octanol–water partition coefficient (Wildman–Crippen LogP) is -0.573. The summed E-state index contributed by atoms with van der Waals surface area (Å²) in [5, 5.41) is 0. The third kappa shape index (κ3) is 3.71. The number of hydrogen-bond acceptors (Lipinski definition) is 4. The molecule has 0 unspecified atom stereocenters. The first-order chi connectivity index (χ1) is 6.01. The average molecular weight is 209 g/mol. The van der Waals surface area contributed by atoms with Crippen LogP contribution in [0.5, 0.6) is 0 Å². The van der Waals surface area contributed by atoms with Gasteiger partial charge in [0.1, 0.15) is 0 Å². The fourth-order valence-electron chi connectivity index (χ4n) is 1.25. The first-order valence-corrected chi connectivity index (χ1v) is 5.23. The zero-order valence-electron chi connectivity index (χ0n) is 6.92. The normalized spacial score (nSPS) is 20.2. The highest BCUT2D eigenvalue weighted by molar-refractivity contribution is 7.80. The van der Waals surface area contributed by atoms with E-state index in [0.717, 1.165) is 0 Å². The first-order valence-electron chi connectivity index (χ1n) is 3.86. The molecule has 0 aromatic rings. The average Bonchev–Trinajstić information content (AvgIpc) is 2.03. The van der Waals surface area contributed by atoms with Crippen LogP contribution in [0.2, 0.25) is 0 Å². The topological polar surface area (TPSA) is 83.9 Å². The van der Waals surface area contributed by atoms with Gasteiger partial charge in [0, 0.05) is 13.1 Å². The molecule has 1 heterocycles. The van der Waals surface area contributed by atoms with Crippen LogP contribution >= 0.6 is 0 Å². The van der Waals surface area contributed by atoms with Crippen LogP contribution in [0.25, 0.3) is 0 Å². The third-order valence-corrected chi connectivity index (χ3v) is 2.40. The largest absolute Gasteiger partial charge is 0.397 e. The Hall–Kier alpha value is -0.660. The van der Waals surface area contributed by atoms with Crippen molar-refractivity contribution in [2.45, 2.75) is 18.9 Å². The molecule has 0 aromatic carbocycles. The SMILES string of the molecule is O=CN1CCC(OS(=O)(=O)O)CC1. The zero-order valence-corrected chi connectivity index (χ0v) is 7.74. The molecule has 1 N–H and O–H groups in total. The molecule has 1 amide bonds. The Labute approximate surface area is 76.4 Å². The van der Waals surface area contributed by atoms with Gasteiger partial charge in [0.15, 0.2) is 0 Å². The van der Waals surface area contributed by atoms with Gasteiger partial charge in [-0.15, -0.1) is 0 Å². The molecule has 6 nitrogen and oxygen atoms in total. The molecule has 1 aliphatic rings. The van der Waals surface area contributed by atoms with E-state index in [1.54, 1.807) is 0 Å². The molecule has 0 atom stereocenters. The van der Waals surface area contributed by atoms with Gasteiger partial charge in [0.2, 0.25) is 6.41 Å². The molecule has 1 saturated heterocycles. The summed E-state index contributed by atoms with van der Waals surface area (Å²) in [4.78, 5) is 11.8. The molecule has 1 aliphatic heterocycles. The maximum atomic E-state index is 10.3. The number of hydrogen-bond donors (Lipinski definition) is 1. The minimum Gasteiger partial charge on any atom is -0.345 e. The van der Waals surface area contributed by atoms with E-state index in [1.807, 2.05) is 0 Å². The Balaban J connectivity index is 2.37. The van der Waals surface area contributed by atoms with Gasteiger partial charge in [0.25, 0.3) is 0 Å². The van der Waals surface area contributed by atoms with Gasteiger partial charge in [-0.05, 0) is 12.8 Å². The van der Waals surface area contributed by atoms with Crippen molar-refractivity contribution in [1.82, 2.24) is 4.90 Å². The monoisotopic (exact) mass is 209 g/mol. The van der Waals surface area contributed by atoms with Crippen LogP contribution in [0.3, 0.4) is 0 Å². The third-order valence-electron chi connectivity index (χ3n) is 1.88. The van der Waals surface area contributed by atoms with Gasteiger partial charge >= 0.3 is 10.4 Å². The summed E-state index contributed by atoms with van der Waals surface area (Å²) >= 11 is 0. The van der Waals surface area contributed by atoms with E-state index in [0.29, 0.717) is 32.3 Å². The van der Waals surface area contributed by atoms with Crippen LogP contribution in [0, 0.1) is 0 Å². The minimum atomic E-state index is -4.35. The lowest BCUT2D eigenvalue weighted by molar-refractivity contribution is -0.119. The molecule has 0 aromatic heterocycles. The van der Waals surface area contributed by atoms with Gasteiger partial charge in [-0.3, -0.25) is 9.35 Å². The molecule has 0 saturated carbocycles. The number of nitrogens with zero attached hydrogens (tertiary/aromatic N) is 1. The molecule has 0 spiro atoms. The molecule has 0 bridgehead atoms. The Kier molecular flexibility index (Phi) is 3.23. The van der Waals surface area contributed by atoms with E-state index in [-0.39, 0.29) is 0 Å². The second-order valence-electron chi connectivity index (χ2n) is 2.86. The number of carbonyl (C=O) groups is 1. The van der Waals surface area contributed by atoms with E-state index < -0.39 is 16.5 Å². The minimum absolute atomic E-state index is 0.429. The summed E-state index contributed by atoms with van der Waals surface area (Å²) in [7, 11) is -4.35. The highest BCUT2D eigenvalue weighted by Gasteiger charge is 2.22. The molecular weight excluding hydrogens is 198 g/mol. The molecule has 7 heteroatoms. The Morgan fingerprint density at radius 1 is 1.38 bits per heavy atom. The molecule has 13 heavy (non-hydrogen) atoms. The van der Waals surface area contributed by atoms with Crippen molar-refractivity contribution in [1.29, 1.82) is 0 Å². The number of piperidine rings is 1. The van der Waals surface area contributed by atoms with Gasteiger partial charge in [-0.25, -0.2) is 4.18 Å². The second-order valence-corrected chi connectivity index (χ2v) is 3.91. The van der Waals surface area contributed by atoms with Gasteiger partial charge in [0.05, 0.1) is 6.10 Å². The first kappa shape index (κ1) is 10.4. The van der Waals surface area contributed by atoms with Crippen molar-refractivity contribution in [2.75, 3.05) is 13.1 Å². The molecule has 0 radical (unpaired) electrons. The lowest BCUT2D eigenvalue weighted by Crippen LogP contribution is -2.36. The number of carbonyl (C=O) groups excluding carboxylic acids is 1. The zero-order chi connectivity index (χ0) is 9.90. The van der Waals surface area contributed by atoms with Crippen LogP contribution in [0.15, 0.2) is 0 Å². The second kappa shape index (κ2) is 4.03. The van der Waals surface area contributed by atoms with Crippen LogP contribution in [0.1, 0.15) is 12.8 Å². The van der Waals surface area contributed by atoms with E-state index in [1.165, 1.54) is 4.90 Å². The summed E-state index contributed by atoms with van der Waals surface area (Å²) in [6.07, 6.45) is 1.06. The quantitative estimate of drug-likeness (QED) is 0.497. The maximum absolute atomic E-state index is 10.3. The van der Waals surface area contributed by atoms with E-state index >= 15 is 0 Å². The Morgan fingerprint density at radius 3 is 2.31 bits per heavy atom. The lowest BCUT2D eigenvalue weighted by Gasteiger charge is -2.27. The van der Waals surface area contributed by atoms with Gasteiger partial charge in [-0.2, -0.15) is 8.42 Å². The number of amides is 1. The Bertz CT molecular complexity index is 267. The number of rotatable bonds is 3. The van der Waals surface area contributed by atoms with Crippen molar-refractivity contribution >= 4 is 16.8 Å². The molecular formula is C6H11NO5S. The summed E-state index contributed by atoms with van der Waals surface area (Å²) in [6, 6.07) is 0. The maximum Gasteiger partial charge on any atom is 0.397 e. The van der Waals surface area contributed by atoms with Gasteiger partial charge in [-0.1, -0.05) is 0 Å². The summed E-state index contributed by atoms with van der Waals surface area (Å²) in [5.74, 6) is 0. The van der Waals surface area contributed by atoms with Crippen LogP contribution in [-0.4, -0.2) is 43.5 Å². The summed E-state index contributed by atoms with van der Waals surface area (Å²) in [5.41, 5.74) is 0. The fraction of sp³-hybridized carbons (Fsp3) is 0.833. The van der Waals surface area contributed by atoms with E-state index in [4.69, 9.17) is 4.55 Å². The lowest BCUT2D eigenvalue weighted by atomic mass is 10.1. The highest BCUT2D eigenvalue weighted by atomic mass is 32.3. The van der Waals surface area contributed by atoms with Crippen molar-refractivity contribution in [3.63, 3.8) is 0 Å². The summed E-state index contributed by atoms with van der Waals surface area (Å²) in [6.45, 7) is 0.924. The van der Waals surface area contributed by atoms with E-state index in [2.05, 4.69) is 4.18 Å². The predicted molar refractivity (Wildman–Crippen MR) is 43.3 cm³/mol. The molecule has 0 aliphatic carbocycles. The van der Waals surface area contributed by atoms with Crippen molar-refractivity contribution in [3.8, 4) is 0 Å². The van der Waals surface area contributed by atoms with Crippen LogP contribution < -0.4 is 0 Å². The molecule has 1 fully saturated rings. The van der Waals surface area contributed by atoms with Crippen molar-refractivity contribution in [2.24, 2.45) is 0 Å². The summed E-state index contributed by atoms with van der Waals surface area (Å²) < 4.78 is 33.3. The van der Waals surface area contributed by atoms with E-state index in [9.17, 15) is 13.2 Å². The molecule has 76 valence electrons. The van der Waals surface area contributed by atoms with Gasteiger partial charge < -0.3 is 4.90 Å². The van der Waals surface area contributed by atoms with Crippen LogP contribution in [0.4, 0.5) is 0 Å².